The van der Waals surface area contributed by atoms with Crippen molar-refractivity contribution in [3.05, 3.63) is 27.8 Å². The van der Waals surface area contributed by atoms with Gasteiger partial charge >= 0.3 is 0 Å². The monoisotopic (exact) mass is 466 g/mol. The number of anilines is 1. The van der Waals surface area contributed by atoms with Crippen LogP contribution >= 0.6 is 22.6 Å². The summed E-state index contributed by atoms with van der Waals surface area (Å²) in [5.41, 5.74) is 0.506. The van der Waals surface area contributed by atoms with E-state index in [4.69, 9.17) is 0 Å². The van der Waals surface area contributed by atoms with Crippen molar-refractivity contribution in [3.63, 3.8) is 0 Å². The molecule has 0 aliphatic carbocycles. The molecule has 0 unspecified atom stereocenters. The van der Waals surface area contributed by atoms with Gasteiger partial charge in [-0.1, -0.05) is 33.1 Å². The fourth-order valence-electron chi connectivity index (χ4n) is 2.40. The van der Waals surface area contributed by atoms with Gasteiger partial charge in [-0.25, -0.2) is 8.42 Å². The minimum atomic E-state index is -3.51. The van der Waals surface area contributed by atoms with Crippen molar-refractivity contribution in [1.82, 2.24) is 5.32 Å². The van der Waals surface area contributed by atoms with Crippen molar-refractivity contribution in [3.8, 4) is 0 Å². The van der Waals surface area contributed by atoms with E-state index in [1.54, 1.807) is 12.1 Å². The number of carbonyl (C=O) groups is 1. The van der Waals surface area contributed by atoms with Crippen molar-refractivity contribution in [2.75, 3.05) is 23.7 Å². The molecular formula is C17H27IN2O3S. The molecule has 1 aromatic rings. The van der Waals surface area contributed by atoms with E-state index in [0.717, 1.165) is 39.8 Å². The Morgan fingerprint density at radius 3 is 2.38 bits per heavy atom. The molecule has 0 saturated carbocycles. The van der Waals surface area contributed by atoms with E-state index in [-0.39, 0.29) is 12.5 Å². The predicted molar refractivity (Wildman–Crippen MR) is 108 cm³/mol. The smallest absolute Gasteiger partial charge is 0.240 e. The maximum Gasteiger partial charge on any atom is 0.240 e. The Kier molecular flexibility index (Phi) is 9.04. The van der Waals surface area contributed by atoms with E-state index in [1.807, 2.05) is 12.1 Å². The van der Waals surface area contributed by atoms with E-state index in [1.165, 1.54) is 0 Å². The van der Waals surface area contributed by atoms with E-state index >= 15 is 0 Å². The lowest BCUT2D eigenvalue weighted by Gasteiger charge is -2.23. The summed E-state index contributed by atoms with van der Waals surface area (Å²) < 4.78 is 26.2. The maximum atomic E-state index is 12.2. The summed E-state index contributed by atoms with van der Waals surface area (Å²) in [4.78, 5) is 12.2. The molecule has 0 aliphatic heterocycles. The van der Waals surface area contributed by atoms with Gasteiger partial charge in [0.25, 0.3) is 0 Å². The van der Waals surface area contributed by atoms with Crippen LogP contribution in [0.3, 0.4) is 0 Å². The Hall–Kier alpha value is -0.830. The Balaban J connectivity index is 2.70. The molecule has 0 bridgehead atoms. The molecule has 24 heavy (non-hydrogen) atoms. The van der Waals surface area contributed by atoms with E-state index in [9.17, 15) is 13.2 Å². The second-order valence-corrected chi connectivity index (χ2v) is 9.12. The lowest BCUT2D eigenvalue weighted by atomic mass is 9.99. The van der Waals surface area contributed by atoms with Gasteiger partial charge in [-0.05, 0) is 59.2 Å². The highest BCUT2D eigenvalue weighted by molar-refractivity contribution is 14.1. The van der Waals surface area contributed by atoms with Crippen molar-refractivity contribution >= 4 is 44.2 Å². The number of halogens is 1. The highest BCUT2D eigenvalue weighted by Gasteiger charge is 2.21. The van der Waals surface area contributed by atoms with Crippen molar-refractivity contribution in [1.29, 1.82) is 0 Å². The number of nitrogens with one attached hydrogen (secondary N) is 1. The SMILES string of the molecule is CCCC[C@@H](CC)CNC(=O)CN(c1ccc(I)cc1)S(C)(=O)=O. The first-order chi connectivity index (χ1) is 11.3. The van der Waals surface area contributed by atoms with Crippen LogP contribution in [-0.4, -0.2) is 33.7 Å². The number of nitrogens with zero attached hydrogens (tertiary/aromatic N) is 1. The average molecular weight is 466 g/mol. The van der Waals surface area contributed by atoms with Crippen LogP contribution in [-0.2, 0) is 14.8 Å². The quantitative estimate of drug-likeness (QED) is 0.538. The van der Waals surface area contributed by atoms with Crippen LogP contribution in [0.15, 0.2) is 24.3 Å². The Morgan fingerprint density at radius 1 is 1.25 bits per heavy atom. The molecule has 0 radical (unpaired) electrons. The van der Waals surface area contributed by atoms with Gasteiger partial charge in [-0.15, -0.1) is 0 Å². The van der Waals surface area contributed by atoms with Crippen LogP contribution in [0, 0.1) is 9.49 Å². The van der Waals surface area contributed by atoms with Gasteiger partial charge < -0.3 is 5.32 Å². The zero-order valence-electron chi connectivity index (χ0n) is 14.6. The first-order valence-electron chi connectivity index (χ1n) is 8.27. The molecule has 7 heteroatoms. The molecule has 1 atom stereocenters. The Labute approximate surface area is 159 Å². The number of amides is 1. The van der Waals surface area contributed by atoms with E-state index in [2.05, 4.69) is 41.8 Å². The standard InChI is InChI=1S/C17H27IN2O3S/c1-4-6-7-14(5-2)12-19-17(21)13-20(24(3,22)23)16-10-8-15(18)9-11-16/h8-11,14H,4-7,12-13H2,1-3H3,(H,19,21)/t14-/m1/s1. The first kappa shape index (κ1) is 21.2. The number of unbranched alkanes of at least 4 members (excludes halogenated alkanes) is 1. The lowest BCUT2D eigenvalue weighted by Crippen LogP contribution is -2.41. The molecule has 1 N–H and O–H groups in total. The highest BCUT2D eigenvalue weighted by atomic mass is 127. The molecular weight excluding hydrogens is 439 g/mol. The summed E-state index contributed by atoms with van der Waals surface area (Å²) in [6, 6.07) is 7.08. The minimum absolute atomic E-state index is 0.191. The zero-order valence-corrected chi connectivity index (χ0v) is 17.6. The summed E-state index contributed by atoms with van der Waals surface area (Å²) in [5, 5.41) is 2.88. The molecule has 136 valence electrons. The largest absolute Gasteiger partial charge is 0.354 e. The zero-order chi connectivity index (χ0) is 18.2. The van der Waals surface area contributed by atoms with E-state index in [0.29, 0.717) is 18.2 Å². The van der Waals surface area contributed by atoms with Gasteiger partial charge in [0.15, 0.2) is 0 Å². The normalized spacial score (nSPS) is 12.7. The molecule has 0 spiro atoms. The summed E-state index contributed by atoms with van der Waals surface area (Å²) in [6.45, 7) is 4.67. The fraction of sp³-hybridized carbons (Fsp3) is 0.588. The van der Waals surface area contributed by atoms with Crippen LogP contribution in [0.1, 0.15) is 39.5 Å². The van der Waals surface area contributed by atoms with Crippen LogP contribution < -0.4 is 9.62 Å². The van der Waals surface area contributed by atoms with E-state index < -0.39 is 10.0 Å². The third kappa shape index (κ3) is 7.38. The molecule has 1 rings (SSSR count). The number of hydrogen-bond donors (Lipinski definition) is 1. The fourth-order valence-corrected chi connectivity index (χ4v) is 3.61. The molecule has 0 fully saturated rings. The second kappa shape index (κ2) is 10.2. The molecule has 0 saturated heterocycles. The minimum Gasteiger partial charge on any atom is -0.354 e. The number of benzene rings is 1. The number of hydrogen-bond acceptors (Lipinski definition) is 3. The highest BCUT2D eigenvalue weighted by Crippen LogP contribution is 2.19. The number of carbonyl (C=O) groups excluding carboxylic acids is 1. The van der Waals surface area contributed by atoms with Crippen LogP contribution in [0.4, 0.5) is 5.69 Å². The maximum absolute atomic E-state index is 12.2. The van der Waals surface area contributed by atoms with Gasteiger partial charge in [0, 0.05) is 10.1 Å². The molecule has 0 aromatic heterocycles. The third-order valence-corrected chi connectivity index (χ3v) is 5.79. The molecule has 1 aromatic carbocycles. The van der Waals surface area contributed by atoms with Gasteiger partial charge in [0.05, 0.1) is 11.9 Å². The summed E-state index contributed by atoms with van der Waals surface area (Å²) in [5.74, 6) is 0.174. The molecule has 0 aliphatic rings. The summed E-state index contributed by atoms with van der Waals surface area (Å²) in [7, 11) is -3.51. The second-order valence-electron chi connectivity index (χ2n) is 5.97. The third-order valence-electron chi connectivity index (χ3n) is 3.93. The lowest BCUT2D eigenvalue weighted by molar-refractivity contribution is -0.119. The van der Waals surface area contributed by atoms with Crippen molar-refractivity contribution < 1.29 is 13.2 Å². The average Bonchev–Trinajstić information content (AvgIpc) is 2.53. The predicted octanol–water partition coefficient (Wildman–Crippen LogP) is 3.39. The van der Waals surface area contributed by atoms with Gasteiger partial charge in [-0.2, -0.15) is 0 Å². The first-order valence-corrected chi connectivity index (χ1v) is 11.2. The van der Waals surface area contributed by atoms with Crippen molar-refractivity contribution in [2.45, 2.75) is 39.5 Å². The molecule has 5 nitrogen and oxygen atoms in total. The number of rotatable bonds is 10. The molecule has 1 amide bonds. The topological polar surface area (TPSA) is 66.5 Å². The number of sulfonamides is 1. The van der Waals surface area contributed by atoms with Gasteiger partial charge in [0.2, 0.25) is 15.9 Å². The summed E-state index contributed by atoms with van der Waals surface area (Å²) >= 11 is 2.15. The van der Waals surface area contributed by atoms with Gasteiger partial charge in [0.1, 0.15) is 6.54 Å². The van der Waals surface area contributed by atoms with Gasteiger partial charge in [-0.3, -0.25) is 9.10 Å². The van der Waals surface area contributed by atoms with Crippen molar-refractivity contribution in [2.24, 2.45) is 5.92 Å². The Bertz CT molecular complexity index is 617. The summed E-state index contributed by atoms with van der Waals surface area (Å²) in [6.07, 6.45) is 5.49. The van der Waals surface area contributed by atoms with Crippen LogP contribution in [0.2, 0.25) is 0 Å². The van der Waals surface area contributed by atoms with Crippen LogP contribution in [0.25, 0.3) is 0 Å². The molecule has 0 heterocycles. The Morgan fingerprint density at radius 2 is 1.88 bits per heavy atom. The van der Waals surface area contributed by atoms with Crippen LogP contribution in [0.5, 0.6) is 0 Å².